The van der Waals surface area contributed by atoms with Crippen LogP contribution in [0.1, 0.15) is 0 Å². The van der Waals surface area contributed by atoms with E-state index in [0.717, 1.165) is 0 Å². The van der Waals surface area contributed by atoms with Crippen LogP contribution in [0.3, 0.4) is 0 Å². The summed E-state index contributed by atoms with van der Waals surface area (Å²) >= 11 is 0. The number of benzene rings is 5. The third-order valence-electron chi connectivity index (χ3n) is 6.01. The van der Waals surface area contributed by atoms with E-state index in [9.17, 15) is 0 Å². The minimum atomic E-state index is 1.25. The molecule has 6 aromatic rings. The predicted octanol–water partition coefficient (Wildman–Crippen LogP) is 7.16. The Bertz CT molecular complexity index is 1520. The molecule has 0 aliphatic rings. The van der Waals surface area contributed by atoms with Gasteiger partial charge < -0.3 is 0 Å². The van der Waals surface area contributed by atoms with Crippen molar-refractivity contribution in [2.45, 2.75) is 0 Å². The standard InChI is InChI=1S/C28H18B2/c1-3-9-19(10-4-1)22-17-15-21-16-18-25-28(30-24-14-8-7-13-23(24)29-25)27(21)26(22)20-11-5-2-6-12-20/h1-18H. The van der Waals surface area contributed by atoms with Crippen molar-refractivity contribution in [3.8, 4) is 22.3 Å². The van der Waals surface area contributed by atoms with Gasteiger partial charge in [0.15, 0.2) is 0 Å². The molecule has 30 heavy (non-hydrogen) atoms. The van der Waals surface area contributed by atoms with Crippen LogP contribution in [0.15, 0.2) is 109 Å². The van der Waals surface area contributed by atoms with Gasteiger partial charge >= 0.3 is 177 Å². The van der Waals surface area contributed by atoms with Gasteiger partial charge in [0.1, 0.15) is 0 Å². The quantitative estimate of drug-likeness (QED) is 0.222. The van der Waals surface area contributed by atoms with E-state index in [1.807, 2.05) is 0 Å². The van der Waals surface area contributed by atoms with Gasteiger partial charge in [-0.05, 0) is 0 Å². The van der Waals surface area contributed by atoms with Crippen molar-refractivity contribution in [2.24, 2.45) is 0 Å². The van der Waals surface area contributed by atoms with Crippen LogP contribution in [0.4, 0.5) is 0 Å². The molecule has 0 amide bonds. The summed E-state index contributed by atoms with van der Waals surface area (Å²) in [5, 5.41) is 7.75. The van der Waals surface area contributed by atoms with Crippen molar-refractivity contribution >= 4 is 45.7 Å². The molecular weight excluding hydrogens is 358 g/mol. The second kappa shape index (κ2) is 7.07. The average molecular weight is 376 g/mol. The average Bonchev–Trinajstić information content (AvgIpc) is 2.83. The summed E-state index contributed by atoms with van der Waals surface area (Å²) < 4.78 is 0. The van der Waals surface area contributed by atoms with Crippen molar-refractivity contribution in [3.63, 3.8) is 0 Å². The molecule has 0 spiro atoms. The third kappa shape index (κ3) is 2.80. The zero-order valence-corrected chi connectivity index (χ0v) is 16.5. The first-order valence-corrected chi connectivity index (χ1v) is 10.4. The van der Waals surface area contributed by atoms with Gasteiger partial charge in [-0.15, -0.1) is 0 Å². The first-order chi connectivity index (χ1) is 14.9. The molecule has 136 valence electrons. The first kappa shape index (κ1) is 17.4. The Kier molecular flexibility index (Phi) is 4.09. The molecular formula is C28H18B2. The van der Waals surface area contributed by atoms with Crippen LogP contribution >= 0.6 is 0 Å². The molecule has 0 atom stereocenters. The second-order valence-electron chi connectivity index (χ2n) is 7.80. The zero-order chi connectivity index (χ0) is 19.9. The molecule has 0 aliphatic carbocycles. The molecule has 0 radical (unpaired) electrons. The zero-order valence-electron chi connectivity index (χ0n) is 16.5. The Morgan fingerprint density at radius 1 is 0.433 bits per heavy atom. The number of rotatable bonds is 2. The molecule has 0 N–H and O–H groups in total. The van der Waals surface area contributed by atoms with Crippen LogP contribution in [0.25, 0.3) is 54.2 Å². The van der Waals surface area contributed by atoms with E-state index >= 15 is 0 Å². The molecule has 2 heteroatoms. The molecule has 0 fully saturated rings. The van der Waals surface area contributed by atoms with Gasteiger partial charge in [0.25, 0.3) is 0 Å². The number of hydrogen-bond acceptors (Lipinski definition) is 0. The summed E-state index contributed by atoms with van der Waals surface area (Å²) in [7, 11) is 0. The van der Waals surface area contributed by atoms with E-state index in [0.29, 0.717) is 0 Å². The Labute approximate surface area is 177 Å². The number of hydrogen-bond donors (Lipinski definition) is 0. The first-order valence-electron chi connectivity index (χ1n) is 10.4. The summed E-state index contributed by atoms with van der Waals surface area (Å²) in [6.45, 7) is 4.67. The van der Waals surface area contributed by atoms with Gasteiger partial charge in [0.2, 0.25) is 0 Å². The Hall–Kier alpha value is -3.51. The maximum absolute atomic E-state index is 2.36. The van der Waals surface area contributed by atoms with Crippen LogP contribution in [-0.2, 0) is 0 Å². The summed E-state index contributed by atoms with van der Waals surface area (Å²) in [4.78, 5) is 0. The van der Waals surface area contributed by atoms with Crippen molar-refractivity contribution in [1.82, 2.24) is 0 Å². The predicted molar refractivity (Wildman–Crippen MR) is 133 cm³/mol. The fraction of sp³-hybridized carbons (Fsp3) is 0. The van der Waals surface area contributed by atoms with Crippen molar-refractivity contribution in [2.75, 3.05) is 0 Å². The van der Waals surface area contributed by atoms with E-state index in [1.165, 1.54) is 54.2 Å². The molecule has 0 saturated heterocycles. The van der Waals surface area contributed by atoms with Crippen molar-refractivity contribution in [3.05, 3.63) is 109 Å². The molecule has 0 bridgehead atoms. The van der Waals surface area contributed by atoms with E-state index in [-0.39, 0.29) is 0 Å². The second-order valence-corrected chi connectivity index (χ2v) is 7.80. The molecule has 0 unspecified atom stereocenters. The normalized spacial score (nSPS) is 11.1. The fourth-order valence-electron chi connectivity index (χ4n) is 4.60. The van der Waals surface area contributed by atoms with Gasteiger partial charge in [0.05, 0.1) is 0 Å². The third-order valence-corrected chi connectivity index (χ3v) is 6.01. The summed E-state index contributed by atoms with van der Waals surface area (Å²) in [5.41, 5.74) is 5.08. The SMILES string of the molecule is b1c2ccccc2bc2c1ccc1ccc(-c3ccccc3)c(-c3ccccc3)c12. The van der Waals surface area contributed by atoms with Crippen molar-refractivity contribution < 1.29 is 0 Å². The van der Waals surface area contributed by atoms with Gasteiger partial charge in [0, 0.05) is 0 Å². The summed E-state index contributed by atoms with van der Waals surface area (Å²) in [6, 6.07) is 39.2. The van der Waals surface area contributed by atoms with Gasteiger partial charge in [-0.2, -0.15) is 0 Å². The van der Waals surface area contributed by atoms with Crippen LogP contribution < -0.4 is 0 Å². The van der Waals surface area contributed by atoms with Crippen LogP contribution in [0, 0.1) is 0 Å². The Morgan fingerprint density at radius 2 is 1.03 bits per heavy atom. The molecule has 0 aliphatic heterocycles. The van der Waals surface area contributed by atoms with Gasteiger partial charge in [-0.25, -0.2) is 0 Å². The maximum atomic E-state index is 2.36. The van der Waals surface area contributed by atoms with Crippen LogP contribution in [0.5, 0.6) is 0 Å². The molecule has 1 aromatic heterocycles. The molecule has 1 heterocycles. The van der Waals surface area contributed by atoms with Crippen LogP contribution in [0.2, 0.25) is 0 Å². The van der Waals surface area contributed by atoms with E-state index < -0.39 is 0 Å². The van der Waals surface area contributed by atoms with Crippen LogP contribution in [-0.4, -0.2) is 13.8 Å². The summed E-state index contributed by atoms with van der Waals surface area (Å²) in [5.74, 6) is 0. The molecule has 6 rings (SSSR count). The molecule has 5 aromatic carbocycles. The fourth-order valence-corrected chi connectivity index (χ4v) is 4.60. The minimum absolute atomic E-state index is 1.25. The molecule has 0 saturated carbocycles. The van der Waals surface area contributed by atoms with Gasteiger partial charge in [-0.1, -0.05) is 0 Å². The van der Waals surface area contributed by atoms with Gasteiger partial charge in [-0.3, -0.25) is 0 Å². The Balaban J connectivity index is 1.82. The van der Waals surface area contributed by atoms with E-state index in [1.54, 1.807) is 0 Å². The van der Waals surface area contributed by atoms with Crippen molar-refractivity contribution in [1.29, 1.82) is 0 Å². The van der Waals surface area contributed by atoms with E-state index in [2.05, 4.69) is 123 Å². The number of fused-ring (bicyclic) bond motifs is 4. The summed E-state index contributed by atoms with van der Waals surface area (Å²) in [6.07, 6.45) is 0. The monoisotopic (exact) mass is 376 g/mol. The Morgan fingerprint density at radius 3 is 1.77 bits per heavy atom. The van der Waals surface area contributed by atoms with E-state index in [4.69, 9.17) is 0 Å². The molecule has 0 nitrogen and oxygen atoms in total. The topological polar surface area (TPSA) is 0 Å².